The van der Waals surface area contributed by atoms with Gasteiger partial charge in [-0.05, 0) is 23.6 Å². The lowest BCUT2D eigenvalue weighted by Gasteiger charge is -2.13. The van der Waals surface area contributed by atoms with Gasteiger partial charge in [0.2, 0.25) is 0 Å². The van der Waals surface area contributed by atoms with E-state index in [2.05, 4.69) is 32.7 Å². The average molecular weight is 354 g/mol. The summed E-state index contributed by atoms with van der Waals surface area (Å²) in [5.74, 6) is 1.23. The van der Waals surface area contributed by atoms with Crippen LogP contribution in [0.25, 0.3) is 0 Å². The van der Waals surface area contributed by atoms with Gasteiger partial charge in [-0.3, -0.25) is 0 Å². The van der Waals surface area contributed by atoms with Crippen molar-refractivity contribution in [2.24, 2.45) is 0 Å². The second kappa shape index (κ2) is 8.35. The molecule has 0 radical (unpaired) electrons. The van der Waals surface area contributed by atoms with Gasteiger partial charge in [-0.1, -0.05) is 60.1 Å². The van der Waals surface area contributed by atoms with Gasteiger partial charge in [0.05, 0.1) is 0 Å². The second-order valence-electron chi connectivity index (χ2n) is 5.59. The van der Waals surface area contributed by atoms with E-state index in [-0.39, 0.29) is 0 Å². The lowest BCUT2D eigenvalue weighted by Crippen LogP contribution is -2.12. The molecule has 3 rings (SSSR count). The number of nitrogens with two attached hydrogens (primary N) is 1. The number of nitrogens with one attached hydrogen (secondary N) is 2. The van der Waals surface area contributed by atoms with Gasteiger partial charge in [0, 0.05) is 18.1 Å². The van der Waals surface area contributed by atoms with E-state index in [1.807, 2.05) is 42.5 Å². The normalized spacial score (nSPS) is 10.4. The van der Waals surface area contributed by atoms with Crippen molar-refractivity contribution in [1.29, 1.82) is 0 Å². The minimum absolute atomic E-state index is 0.502. The molecule has 4 N–H and O–H groups in total. The monoisotopic (exact) mass is 353 g/mol. The number of halogens is 1. The molecular formula is C19H20ClN5. The van der Waals surface area contributed by atoms with Crippen molar-refractivity contribution in [2.75, 3.05) is 22.9 Å². The van der Waals surface area contributed by atoms with Gasteiger partial charge in [-0.2, -0.15) is 0 Å². The molecule has 25 heavy (non-hydrogen) atoms. The van der Waals surface area contributed by atoms with E-state index in [0.29, 0.717) is 28.9 Å². The van der Waals surface area contributed by atoms with Gasteiger partial charge in [0.1, 0.15) is 12.0 Å². The van der Waals surface area contributed by atoms with E-state index in [9.17, 15) is 0 Å². The Morgan fingerprint density at radius 2 is 1.56 bits per heavy atom. The molecule has 0 fully saturated rings. The smallest absolute Gasteiger partial charge is 0.155 e. The molecule has 128 valence electrons. The Hall–Kier alpha value is -2.79. The third-order valence-corrected chi connectivity index (χ3v) is 4.21. The molecule has 2 aromatic carbocycles. The molecule has 1 aromatic heterocycles. The van der Waals surface area contributed by atoms with Gasteiger partial charge < -0.3 is 16.4 Å². The summed E-state index contributed by atoms with van der Waals surface area (Å²) in [6, 6.07) is 17.9. The molecular weight excluding hydrogens is 334 g/mol. The number of nitrogen functional groups attached to an aromatic ring is 1. The van der Waals surface area contributed by atoms with Crippen molar-refractivity contribution in [3.05, 3.63) is 77.1 Å². The van der Waals surface area contributed by atoms with E-state index in [1.54, 1.807) is 0 Å². The van der Waals surface area contributed by atoms with Crippen LogP contribution in [0.2, 0.25) is 5.02 Å². The summed E-state index contributed by atoms with van der Waals surface area (Å²) in [6.07, 6.45) is 2.39. The maximum Gasteiger partial charge on any atom is 0.155 e. The molecule has 0 aliphatic heterocycles. The fourth-order valence-electron chi connectivity index (χ4n) is 2.47. The van der Waals surface area contributed by atoms with Crippen LogP contribution in [0.3, 0.4) is 0 Å². The van der Waals surface area contributed by atoms with E-state index in [1.165, 1.54) is 11.9 Å². The summed E-state index contributed by atoms with van der Waals surface area (Å²) < 4.78 is 0. The number of benzene rings is 2. The molecule has 0 aliphatic carbocycles. The van der Waals surface area contributed by atoms with Gasteiger partial charge in [0.25, 0.3) is 0 Å². The minimum Gasteiger partial charge on any atom is -0.393 e. The molecule has 0 atom stereocenters. The Bertz CT molecular complexity index is 823. The topological polar surface area (TPSA) is 75.9 Å². The standard InChI is InChI=1S/C19H20ClN5/c20-16-9-5-4-8-15(16)12-23-19-17(21)18(24-13-25-19)22-11-10-14-6-2-1-3-7-14/h1-9,13H,10-12,21H2,(H2,22,23,24,25). The molecule has 1 heterocycles. The first-order valence-electron chi connectivity index (χ1n) is 8.09. The predicted molar refractivity (Wildman–Crippen MR) is 104 cm³/mol. The van der Waals surface area contributed by atoms with Crippen LogP contribution in [0, 0.1) is 0 Å². The van der Waals surface area contributed by atoms with Crippen molar-refractivity contribution < 1.29 is 0 Å². The highest BCUT2D eigenvalue weighted by atomic mass is 35.5. The first-order valence-corrected chi connectivity index (χ1v) is 8.47. The molecule has 6 heteroatoms. The maximum atomic E-state index is 6.18. The SMILES string of the molecule is Nc1c(NCCc2ccccc2)ncnc1NCc1ccccc1Cl. The van der Waals surface area contributed by atoms with Crippen LogP contribution < -0.4 is 16.4 Å². The molecule has 0 saturated heterocycles. The maximum absolute atomic E-state index is 6.18. The Morgan fingerprint density at radius 1 is 0.880 bits per heavy atom. The van der Waals surface area contributed by atoms with Crippen molar-refractivity contribution in [2.45, 2.75) is 13.0 Å². The van der Waals surface area contributed by atoms with E-state index >= 15 is 0 Å². The van der Waals surface area contributed by atoms with E-state index < -0.39 is 0 Å². The van der Waals surface area contributed by atoms with Crippen molar-refractivity contribution >= 4 is 28.9 Å². The van der Waals surface area contributed by atoms with Gasteiger partial charge in [0.15, 0.2) is 11.6 Å². The zero-order chi connectivity index (χ0) is 17.5. The molecule has 0 aliphatic rings. The summed E-state index contributed by atoms with van der Waals surface area (Å²) in [7, 11) is 0. The summed E-state index contributed by atoms with van der Waals surface area (Å²) in [5, 5.41) is 7.20. The number of anilines is 3. The minimum atomic E-state index is 0.502. The van der Waals surface area contributed by atoms with Crippen LogP contribution in [-0.4, -0.2) is 16.5 Å². The van der Waals surface area contributed by atoms with Gasteiger partial charge in [-0.15, -0.1) is 0 Å². The summed E-state index contributed by atoms with van der Waals surface area (Å²) in [6.45, 7) is 1.29. The quantitative estimate of drug-likeness (QED) is 0.599. The molecule has 0 bridgehead atoms. The van der Waals surface area contributed by atoms with Crippen LogP contribution >= 0.6 is 11.6 Å². The summed E-state index contributed by atoms with van der Waals surface area (Å²) >= 11 is 6.17. The average Bonchev–Trinajstić information content (AvgIpc) is 2.64. The molecule has 0 spiro atoms. The Kier molecular flexibility index (Phi) is 5.69. The molecule has 5 nitrogen and oxygen atoms in total. The predicted octanol–water partition coefficient (Wildman–Crippen LogP) is 3.98. The van der Waals surface area contributed by atoms with Crippen LogP contribution in [0.4, 0.5) is 17.3 Å². The number of aromatic nitrogens is 2. The third kappa shape index (κ3) is 4.61. The van der Waals surface area contributed by atoms with Crippen LogP contribution in [0.5, 0.6) is 0 Å². The molecule has 0 amide bonds. The first kappa shape index (κ1) is 17.0. The van der Waals surface area contributed by atoms with Crippen molar-refractivity contribution in [3.8, 4) is 0 Å². The number of hydrogen-bond acceptors (Lipinski definition) is 5. The van der Waals surface area contributed by atoms with Gasteiger partial charge in [-0.25, -0.2) is 9.97 Å². The van der Waals surface area contributed by atoms with Crippen LogP contribution in [0.15, 0.2) is 60.9 Å². The molecule has 3 aromatic rings. The van der Waals surface area contributed by atoms with Crippen LogP contribution in [0.1, 0.15) is 11.1 Å². The molecule has 0 unspecified atom stereocenters. The number of rotatable bonds is 7. The summed E-state index contributed by atoms with van der Waals surface area (Å²) in [5.41, 5.74) is 8.93. The highest BCUT2D eigenvalue weighted by molar-refractivity contribution is 6.31. The zero-order valence-corrected chi connectivity index (χ0v) is 14.5. The number of nitrogens with zero attached hydrogens (tertiary/aromatic N) is 2. The summed E-state index contributed by atoms with van der Waals surface area (Å²) in [4.78, 5) is 8.45. The zero-order valence-electron chi connectivity index (χ0n) is 13.7. The van der Waals surface area contributed by atoms with Gasteiger partial charge >= 0.3 is 0 Å². The Labute approximate surface area is 152 Å². The third-order valence-electron chi connectivity index (χ3n) is 3.84. The van der Waals surface area contributed by atoms with Crippen molar-refractivity contribution in [3.63, 3.8) is 0 Å². The largest absolute Gasteiger partial charge is 0.393 e. The highest BCUT2D eigenvalue weighted by Crippen LogP contribution is 2.24. The fourth-order valence-corrected chi connectivity index (χ4v) is 2.67. The fraction of sp³-hybridized carbons (Fsp3) is 0.158. The Balaban J connectivity index is 1.60. The lowest BCUT2D eigenvalue weighted by atomic mass is 10.1. The Morgan fingerprint density at radius 3 is 2.32 bits per heavy atom. The first-order chi connectivity index (χ1) is 12.2. The second-order valence-corrected chi connectivity index (χ2v) is 6.00. The van der Waals surface area contributed by atoms with Crippen molar-refractivity contribution in [1.82, 2.24) is 9.97 Å². The van der Waals surface area contributed by atoms with E-state index in [0.717, 1.165) is 18.5 Å². The van der Waals surface area contributed by atoms with Crippen LogP contribution in [-0.2, 0) is 13.0 Å². The van der Waals surface area contributed by atoms with E-state index in [4.69, 9.17) is 17.3 Å². The highest BCUT2D eigenvalue weighted by Gasteiger charge is 2.08. The number of hydrogen-bond donors (Lipinski definition) is 3. The molecule has 0 saturated carbocycles. The lowest BCUT2D eigenvalue weighted by molar-refractivity contribution is 0.998.